The Hall–Kier alpha value is -3.57. The van der Waals surface area contributed by atoms with Crippen molar-refractivity contribution in [3.05, 3.63) is 30.7 Å². The van der Waals surface area contributed by atoms with Crippen molar-refractivity contribution in [2.24, 2.45) is 5.73 Å². The van der Waals surface area contributed by atoms with Crippen LogP contribution < -0.4 is 15.4 Å². The minimum absolute atomic E-state index is 0.0451. The quantitative estimate of drug-likeness (QED) is 0.609. The summed E-state index contributed by atoms with van der Waals surface area (Å²) in [6.07, 6.45) is 1.62. The molecule has 3 aromatic rings. The Bertz CT molecular complexity index is 1200. The molecule has 0 bridgehead atoms. The van der Waals surface area contributed by atoms with E-state index in [1.807, 2.05) is 22.8 Å². The van der Waals surface area contributed by atoms with Crippen LogP contribution in [0, 0.1) is 0 Å². The van der Waals surface area contributed by atoms with Gasteiger partial charge >= 0.3 is 6.18 Å². The number of ether oxygens (including phenoxy) is 1. The molecule has 1 atom stereocenters. The number of nitrogens with zero attached hydrogens (tertiary/aromatic N) is 6. The number of rotatable bonds is 5. The lowest BCUT2D eigenvalue weighted by Crippen LogP contribution is -2.42. The number of benzene rings is 1. The van der Waals surface area contributed by atoms with Gasteiger partial charge in [-0.15, -0.1) is 0 Å². The number of carbonyl (C=O) groups is 1. The molecule has 2 N–H and O–H groups in total. The molecular formula is C22H24F3N7O2. The molecule has 0 saturated carbocycles. The molecule has 2 aliphatic heterocycles. The predicted octanol–water partition coefficient (Wildman–Crippen LogP) is 3.00. The smallest absolute Gasteiger partial charge is 0.408 e. The second kappa shape index (κ2) is 8.65. The first-order chi connectivity index (χ1) is 16.3. The van der Waals surface area contributed by atoms with E-state index in [-0.39, 0.29) is 17.8 Å². The summed E-state index contributed by atoms with van der Waals surface area (Å²) in [7, 11) is 0. The lowest BCUT2D eigenvalue weighted by atomic mass is 9.98. The van der Waals surface area contributed by atoms with Gasteiger partial charge in [0.05, 0.1) is 12.1 Å². The van der Waals surface area contributed by atoms with Gasteiger partial charge < -0.3 is 19.9 Å². The van der Waals surface area contributed by atoms with Crippen LogP contribution in [0.15, 0.2) is 30.7 Å². The highest BCUT2D eigenvalue weighted by Gasteiger charge is 2.31. The molecular weight excluding hydrogens is 451 g/mol. The fourth-order valence-corrected chi connectivity index (χ4v) is 4.69. The minimum atomic E-state index is -4.42. The van der Waals surface area contributed by atoms with Crippen LogP contribution in [-0.4, -0.2) is 55.6 Å². The molecule has 5 rings (SSSR count). The van der Waals surface area contributed by atoms with Gasteiger partial charge in [0.2, 0.25) is 5.91 Å². The highest BCUT2D eigenvalue weighted by atomic mass is 19.4. The molecule has 1 amide bonds. The minimum Gasteiger partial charge on any atom is -0.491 e. The number of hydrogen-bond donors (Lipinski definition) is 1. The number of halogens is 3. The number of amides is 1. The van der Waals surface area contributed by atoms with Crippen molar-refractivity contribution in [1.82, 2.24) is 24.3 Å². The average molecular weight is 475 g/mol. The zero-order valence-electron chi connectivity index (χ0n) is 18.3. The van der Waals surface area contributed by atoms with E-state index >= 15 is 0 Å². The summed E-state index contributed by atoms with van der Waals surface area (Å²) in [6, 6.07) is 5.83. The molecule has 1 saturated heterocycles. The molecule has 9 nitrogen and oxygen atoms in total. The monoisotopic (exact) mass is 475 g/mol. The van der Waals surface area contributed by atoms with Gasteiger partial charge in [-0.25, -0.2) is 14.6 Å². The van der Waals surface area contributed by atoms with E-state index in [2.05, 4.69) is 20.0 Å². The van der Waals surface area contributed by atoms with E-state index in [1.165, 1.54) is 0 Å². The zero-order chi connectivity index (χ0) is 23.9. The number of fused-ring (bicyclic) bond motifs is 3. The average Bonchev–Trinajstić information content (AvgIpc) is 3.35. The van der Waals surface area contributed by atoms with Gasteiger partial charge in [-0.3, -0.25) is 4.79 Å². The number of imidazole rings is 1. The number of piperidine rings is 1. The van der Waals surface area contributed by atoms with Gasteiger partial charge in [-0.1, -0.05) is 0 Å². The van der Waals surface area contributed by atoms with E-state index in [0.29, 0.717) is 36.8 Å². The van der Waals surface area contributed by atoms with Gasteiger partial charge in [0.15, 0.2) is 5.82 Å². The van der Waals surface area contributed by atoms with Crippen molar-refractivity contribution in [3.63, 3.8) is 0 Å². The number of aromatic nitrogens is 5. The SMILES string of the molecule is NC(=O)C[C@@H]1CCCCN1c1ccc2c(c1)OCCn1cc(-c3ncnn3CC(F)(F)F)nc1-2. The van der Waals surface area contributed by atoms with Crippen LogP contribution in [0.25, 0.3) is 22.9 Å². The number of primary amides is 1. The summed E-state index contributed by atoms with van der Waals surface area (Å²) < 4.78 is 47.4. The van der Waals surface area contributed by atoms with Crippen molar-refractivity contribution < 1.29 is 22.7 Å². The Labute approximate surface area is 193 Å². The fraction of sp³-hybridized carbons (Fsp3) is 0.455. The third-order valence-corrected chi connectivity index (χ3v) is 6.14. The lowest BCUT2D eigenvalue weighted by Gasteiger charge is -2.37. The molecule has 0 aliphatic carbocycles. The van der Waals surface area contributed by atoms with E-state index in [1.54, 1.807) is 6.20 Å². The van der Waals surface area contributed by atoms with Crippen molar-refractivity contribution in [2.75, 3.05) is 18.1 Å². The van der Waals surface area contributed by atoms with Gasteiger partial charge in [-0.05, 0) is 31.4 Å². The Balaban J connectivity index is 1.48. The van der Waals surface area contributed by atoms with Crippen LogP contribution in [-0.2, 0) is 17.9 Å². The normalized spacial score (nSPS) is 18.1. The molecule has 1 fully saturated rings. The summed E-state index contributed by atoms with van der Waals surface area (Å²) in [5.41, 5.74) is 7.45. The van der Waals surface area contributed by atoms with Crippen molar-refractivity contribution in [2.45, 2.75) is 51.0 Å². The summed E-state index contributed by atoms with van der Waals surface area (Å²) >= 11 is 0. The third-order valence-electron chi connectivity index (χ3n) is 6.14. The predicted molar refractivity (Wildman–Crippen MR) is 117 cm³/mol. The van der Waals surface area contributed by atoms with Gasteiger partial charge in [-0.2, -0.15) is 18.3 Å². The van der Waals surface area contributed by atoms with Crippen molar-refractivity contribution in [3.8, 4) is 28.7 Å². The van der Waals surface area contributed by atoms with Gasteiger partial charge in [0.25, 0.3) is 0 Å². The molecule has 1 aromatic carbocycles. The number of hydrogen-bond acceptors (Lipinski definition) is 6. The number of nitrogens with two attached hydrogens (primary N) is 1. The first-order valence-electron chi connectivity index (χ1n) is 11.1. The van der Waals surface area contributed by atoms with Crippen molar-refractivity contribution >= 4 is 11.6 Å². The molecule has 2 aliphatic rings. The fourth-order valence-electron chi connectivity index (χ4n) is 4.69. The zero-order valence-corrected chi connectivity index (χ0v) is 18.3. The maximum absolute atomic E-state index is 12.9. The number of carbonyl (C=O) groups excluding carboxylic acids is 1. The van der Waals surface area contributed by atoms with Gasteiger partial charge in [0, 0.05) is 37.0 Å². The molecule has 0 radical (unpaired) electrons. The van der Waals surface area contributed by atoms with E-state index < -0.39 is 12.7 Å². The first kappa shape index (κ1) is 22.2. The molecule has 12 heteroatoms. The topological polar surface area (TPSA) is 104 Å². The Kier molecular flexibility index (Phi) is 5.66. The Morgan fingerprint density at radius 3 is 2.85 bits per heavy atom. The van der Waals surface area contributed by atoms with Crippen molar-refractivity contribution in [1.29, 1.82) is 0 Å². The third kappa shape index (κ3) is 4.44. The van der Waals surface area contributed by atoms with E-state index in [9.17, 15) is 18.0 Å². The number of anilines is 1. The molecule has 2 aromatic heterocycles. The lowest BCUT2D eigenvalue weighted by molar-refractivity contribution is -0.142. The molecule has 0 spiro atoms. The summed E-state index contributed by atoms with van der Waals surface area (Å²) in [6.45, 7) is 0.438. The van der Waals surface area contributed by atoms with Crippen LogP contribution in [0.4, 0.5) is 18.9 Å². The molecule has 34 heavy (non-hydrogen) atoms. The number of alkyl halides is 3. The molecule has 0 unspecified atom stereocenters. The van der Waals surface area contributed by atoms with Crippen LogP contribution in [0.2, 0.25) is 0 Å². The van der Waals surface area contributed by atoms with Crippen LogP contribution in [0.1, 0.15) is 25.7 Å². The van der Waals surface area contributed by atoms with Crippen LogP contribution in [0.5, 0.6) is 5.75 Å². The molecule has 180 valence electrons. The highest BCUT2D eigenvalue weighted by Crippen LogP contribution is 2.38. The second-order valence-electron chi connectivity index (χ2n) is 8.54. The Morgan fingerprint density at radius 1 is 1.21 bits per heavy atom. The second-order valence-corrected chi connectivity index (χ2v) is 8.54. The standard InChI is InChI=1S/C22H24F3N7O2/c23-22(24,25)12-32-21(27-13-28-32)17-11-30-7-8-34-18-9-15(4-5-16(18)20(30)29-17)31-6-2-1-3-14(31)10-19(26)33/h4-5,9,11,13-14H,1-3,6-8,10,12H2,(H2,26,33)/t14-/m0/s1. The van der Waals surface area contributed by atoms with Gasteiger partial charge in [0.1, 0.15) is 36.7 Å². The first-order valence-corrected chi connectivity index (χ1v) is 11.1. The van der Waals surface area contributed by atoms with Crippen LogP contribution >= 0.6 is 0 Å². The van der Waals surface area contributed by atoms with E-state index in [0.717, 1.165) is 48.1 Å². The van der Waals surface area contributed by atoms with Crippen LogP contribution in [0.3, 0.4) is 0 Å². The summed E-state index contributed by atoms with van der Waals surface area (Å²) in [4.78, 5) is 22.3. The van der Waals surface area contributed by atoms with E-state index in [4.69, 9.17) is 10.5 Å². The maximum atomic E-state index is 12.9. The largest absolute Gasteiger partial charge is 0.491 e. The summed E-state index contributed by atoms with van der Waals surface area (Å²) in [5, 5.41) is 3.71. The Morgan fingerprint density at radius 2 is 2.06 bits per heavy atom. The molecule has 4 heterocycles. The maximum Gasteiger partial charge on any atom is 0.408 e. The summed E-state index contributed by atoms with van der Waals surface area (Å²) in [5.74, 6) is 0.951. The highest BCUT2D eigenvalue weighted by molar-refractivity contribution is 5.76.